The highest BCUT2D eigenvalue weighted by molar-refractivity contribution is 5.59. The number of ether oxygens (including phenoxy) is 2. The molecule has 0 saturated heterocycles. The normalized spacial score (nSPS) is 11.0. The molecule has 0 aliphatic heterocycles. The van der Waals surface area contributed by atoms with Crippen LogP contribution in [0.15, 0.2) is 0 Å². The van der Waals surface area contributed by atoms with Crippen molar-refractivity contribution in [3.8, 4) is 0 Å². The van der Waals surface area contributed by atoms with Crippen LogP contribution in [-0.4, -0.2) is 26.0 Å². The molecule has 0 rings (SSSR count). The number of carbonyl (C=O) groups is 1. The molecule has 6 heteroatoms. The van der Waals surface area contributed by atoms with Crippen molar-refractivity contribution in [3.63, 3.8) is 0 Å². The number of methoxy groups -OCH3 is 1. The highest BCUT2D eigenvalue weighted by atomic mass is 19.4. The van der Waals surface area contributed by atoms with Gasteiger partial charge in [-0.05, 0) is 6.42 Å². The molecule has 3 nitrogen and oxygen atoms in total. The fourth-order valence-corrected chi connectivity index (χ4v) is 0.487. The van der Waals surface area contributed by atoms with Crippen LogP contribution in [0.3, 0.4) is 0 Å². The number of rotatable bonds is 3. The van der Waals surface area contributed by atoms with Gasteiger partial charge in [0.25, 0.3) is 0 Å². The third-order valence-corrected chi connectivity index (χ3v) is 0.991. The third kappa shape index (κ3) is 7.17. The summed E-state index contributed by atoms with van der Waals surface area (Å²) in [6, 6.07) is 0. The molecule has 0 heterocycles. The second-order valence-corrected chi connectivity index (χ2v) is 2.02. The van der Waals surface area contributed by atoms with Crippen molar-refractivity contribution in [1.82, 2.24) is 0 Å². The molecular weight excluding hydrogens is 177 g/mol. The van der Waals surface area contributed by atoms with Gasteiger partial charge < -0.3 is 9.47 Å². The summed E-state index contributed by atoms with van der Waals surface area (Å²) in [5.41, 5.74) is 0. The first-order chi connectivity index (χ1) is 5.45. The Balaban J connectivity index is 3.28. The molecule has 0 unspecified atom stereocenters. The minimum Gasteiger partial charge on any atom is -0.438 e. The van der Waals surface area contributed by atoms with Crippen molar-refractivity contribution in [2.75, 3.05) is 13.7 Å². The van der Waals surface area contributed by atoms with Gasteiger partial charge >= 0.3 is 12.3 Å². The fourth-order valence-electron chi connectivity index (χ4n) is 0.487. The zero-order valence-corrected chi connectivity index (χ0v) is 6.48. The van der Waals surface area contributed by atoms with Gasteiger partial charge in [0.2, 0.25) is 0 Å². The summed E-state index contributed by atoms with van der Waals surface area (Å²) in [6.07, 6.45) is -6.35. The van der Waals surface area contributed by atoms with E-state index in [1.165, 1.54) is 0 Å². The molecule has 0 aromatic carbocycles. The number of hydrogen-bond acceptors (Lipinski definition) is 3. The minimum absolute atomic E-state index is 0.237. The van der Waals surface area contributed by atoms with E-state index in [1.54, 1.807) is 0 Å². The monoisotopic (exact) mass is 186 g/mol. The SMILES string of the molecule is COC(=O)OCCCC(F)(F)F. The van der Waals surface area contributed by atoms with E-state index in [0.717, 1.165) is 7.11 Å². The Kier molecular flexibility index (Phi) is 4.46. The molecule has 0 spiro atoms. The lowest BCUT2D eigenvalue weighted by atomic mass is 10.3. The quantitative estimate of drug-likeness (QED) is 0.500. The lowest BCUT2D eigenvalue weighted by Gasteiger charge is -2.05. The molecular formula is C6H9F3O3. The van der Waals surface area contributed by atoms with E-state index in [4.69, 9.17) is 0 Å². The van der Waals surface area contributed by atoms with E-state index >= 15 is 0 Å². The van der Waals surface area contributed by atoms with Crippen molar-refractivity contribution in [2.24, 2.45) is 0 Å². The smallest absolute Gasteiger partial charge is 0.438 e. The van der Waals surface area contributed by atoms with Crippen molar-refractivity contribution in [2.45, 2.75) is 19.0 Å². The average Bonchev–Trinajstić information content (AvgIpc) is 1.96. The maximum atomic E-state index is 11.5. The third-order valence-electron chi connectivity index (χ3n) is 0.991. The van der Waals surface area contributed by atoms with E-state index in [2.05, 4.69) is 9.47 Å². The molecule has 0 bridgehead atoms. The Morgan fingerprint density at radius 3 is 2.42 bits per heavy atom. The lowest BCUT2D eigenvalue weighted by Crippen LogP contribution is -2.11. The molecule has 72 valence electrons. The van der Waals surface area contributed by atoms with E-state index in [-0.39, 0.29) is 13.0 Å². The summed E-state index contributed by atoms with van der Waals surface area (Å²) < 4.78 is 42.7. The van der Waals surface area contributed by atoms with Crippen LogP contribution < -0.4 is 0 Å². The van der Waals surface area contributed by atoms with Crippen LogP contribution in [-0.2, 0) is 9.47 Å². The molecule has 12 heavy (non-hydrogen) atoms. The summed E-state index contributed by atoms with van der Waals surface area (Å²) >= 11 is 0. The molecule has 0 aromatic heterocycles. The van der Waals surface area contributed by atoms with E-state index in [0.29, 0.717) is 0 Å². The summed E-state index contributed by atoms with van der Waals surface area (Å²) in [6.45, 7) is -0.272. The van der Waals surface area contributed by atoms with Gasteiger partial charge in [-0.25, -0.2) is 4.79 Å². The predicted octanol–water partition coefficient (Wildman–Crippen LogP) is 2.11. The van der Waals surface area contributed by atoms with Crippen LogP contribution in [0.5, 0.6) is 0 Å². The van der Waals surface area contributed by atoms with Gasteiger partial charge in [-0.3, -0.25) is 0 Å². The second-order valence-electron chi connectivity index (χ2n) is 2.02. The second kappa shape index (κ2) is 4.84. The average molecular weight is 186 g/mol. The Labute approximate surface area is 67.4 Å². The Hall–Kier alpha value is -0.940. The van der Waals surface area contributed by atoms with Crippen molar-refractivity contribution >= 4 is 6.16 Å². The molecule has 0 aliphatic carbocycles. The number of alkyl halides is 3. The summed E-state index contributed by atoms with van der Waals surface area (Å²) in [4.78, 5) is 10.2. The zero-order valence-electron chi connectivity index (χ0n) is 6.48. The minimum atomic E-state index is -4.19. The van der Waals surface area contributed by atoms with E-state index in [9.17, 15) is 18.0 Å². The zero-order chi connectivity index (χ0) is 9.61. The van der Waals surface area contributed by atoms with E-state index < -0.39 is 18.8 Å². The molecule has 0 fully saturated rings. The molecule has 0 atom stereocenters. The largest absolute Gasteiger partial charge is 0.507 e. The number of carbonyl (C=O) groups excluding carboxylic acids is 1. The van der Waals surface area contributed by atoms with Gasteiger partial charge in [-0.2, -0.15) is 13.2 Å². The van der Waals surface area contributed by atoms with E-state index in [1.807, 2.05) is 0 Å². The summed E-state index contributed by atoms with van der Waals surface area (Å²) in [5.74, 6) is 0. The van der Waals surface area contributed by atoms with Crippen LogP contribution in [0.4, 0.5) is 18.0 Å². The standard InChI is InChI=1S/C6H9F3O3/c1-11-5(10)12-4-2-3-6(7,8)9/h2-4H2,1H3. The summed E-state index contributed by atoms with van der Waals surface area (Å²) in [5, 5.41) is 0. The predicted molar refractivity (Wildman–Crippen MR) is 33.6 cm³/mol. The first kappa shape index (κ1) is 11.1. The van der Waals surface area contributed by atoms with Gasteiger partial charge in [0.05, 0.1) is 13.7 Å². The van der Waals surface area contributed by atoms with Crippen LogP contribution >= 0.6 is 0 Å². The summed E-state index contributed by atoms with van der Waals surface area (Å²) in [7, 11) is 1.09. The van der Waals surface area contributed by atoms with Gasteiger partial charge in [0.1, 0.15) is 0 Å². The van der Waals surface area contributed by atoms with Crippen LogP contribution in [0.2, 0.25) is 0 Å². The Morgan fingerprint density at radius 2 is 2.00 bits per heavy atom. The maximum Gasteiger partial charge on any atom is 0.507 e. The molecule has 0 aliphatic rings. The fraction of sp³-hybridized carbons (Fsp3) is 0.833. The lowest BCUT2D eigenvalue weighted by molar-refractivity contribution is -0.137. The topological polar surface area (TPSA) is 35.5 Å². The van der Waals surface area contributed by atoms with Gasteiger partial charge in [-0.1, -0.05) is 0 Å². The van der Waals surface area contributed by atoms with Gasteiger partial charge in [0, 0.05) is 6.42 Å². The highest BCUT2D eigenvalue weighted by Gasteiger charge is 2.26. The van der Waals surface area contributed by atoms with Crippen molar-refractivity contribution in [3.05, 3.63) is 0 Å². The van der Waals surface area contributed by atoms with Crippen LogP contribution in [0, 0.1) is 0 Å². The van der Waals surface area contributed by atoms with Crippen LogP contribution in [0.25, 0.3) is 0 Å². The van der Waals surface area contributed by atoms with Crippen molar-refractivity contribution < 1.29 is 27.4 Å². The van der Waals surface area contributed by atoms with Crippen LogP contribution in [0.1, 0.15) is 12.8 Å². The molecule has 0 saturated carbocycles. The maximum absolute atomic E-state index is 11.5. The first-order valence-electron chi connectivity index (χ1n) is 3.23. The Morgan fingerprint density at radius 1 is 1.42 bits per heavy atom. The molecule has 0 radical (unpaired) electrons. The molecule has 0 aromatic rings. The van der Waals surface area contributed by atoms with Gasteiger partial charge in [-0.15, -0.1) is 0 Å². The highest BCUT2D eigenvalue weighted by Crippen LogP contribution is 2.20. The number of halogens is 3. The molecule has 0 amide bonds. The Bertz CT molecular complexity index is 143. The number of hydrogen-bond donors (Lipinski definition) is 0. The first-order valence-corrected chi connectivity index (χ1v) is 3.23. The van der Waals surface area contributed by atoms with Crippen molar-refractivity contribution in [1.29, 1.82) is 0 Å². The molecule has 0 N–H and O–H groups in total. The van der Waals surface area contributed by atoms with Gasteiger partial charge in [0.15, 0.2) is 0 Å².